The van der Waals surface area contributed by atoms with Crippen LogP contribution < -0.4 is 0 Å². The summed E-state index contributed by atoms with van der Waals surface area (Å²) in [4.78, 5) is 29.5. The van der Waals surface area contributed by atoms with Gasteiger partial charge >= 0.3 is 6.09 Å². The lowest BCUT2D eigenvalue weighted by Crippen LogP contribution is -2.37. The number of ether oxygens (including phenoxy) is 1. The molecule has 1 aromatic heterocycles. The largest absolute Gasteiger partial charge is 0.444 e. The summed E-state index contributed by atoms with van der Waals surface area (Å²) in [5.74, 6) is -0.214. The molecule has 0 aromatic carbocycles. The predicted octanol–water partition coefficient (Wildman–Crippen LogP) is 3.43. The first kappa shape index (κ1) is 18.1. The first-order valence-corrected chi connectivity index (χ1v) is 7.34. The Labute approximate surface area is 132 Å². The Balaban J connectivity index is 2.71. The van der Waals surface area contributed by atoms with E-state index in [0.29, 0.717) is 5.69 Å². The Bertz CT molecular complexity index is 537. The fourth-order valence-corrected chi connectivity index (χ4v) is 1.70. The number of rotatable bonds is 3. The van der Waals surface area contributed by atoms with Gasteiger partial charge in [-0.2, -0.15) is 0 Å². The van der Waals surface area contributed by atoms with E-state index in [1.54, 1.807) is 33.0 Å². The van der Waals surface area contributed by atoms with E-state index in [0.717, 1.165) is 5.56 Å². The quantitative estimate of drug-likeness (QED) is 0.803. The molecule has 0 aliphatic carbocycles. The molecule has 1 heterocycles. The third-order valence-corrected chi connectivity index (χ3v) is 3.00. The van der Waals surface area contributed by atoms with Crippen LogP contribution >= 0.6 is 0 Å². The van der Waals surface area contributed by atoms with E-state index >= 15 is 0 Å². The standard InChI is InChI=1S/C17H26N2O3/c1-16(2,3)12-8-9-13(18-10-12)14(20)11-19(7)15(21)22-17(4,5)6/h8-10H,11H2,1-7H3. The fraction of sp³-hybridized carbons (Fsp3) is 0.588. The van der Waals surface area contributed by atoms with Crippen LogP contribution in [-0.2, 0) is 10.2 Å². The minimum Gasteiger partial charge on any atom is -0.444 e. The molecule has 0 bridgehead atoms. The number of ketones is 1. The van der Waals surface area contributed by atoms with Crippen LogP contribution in [0.1, 0.15) is 57.6 Å². The van der Waals surface area contributed by atoms with E-state index in [1.807, 2.05) is 6.07 Å². The highest BCUT2D eigenvalue weighted by Crippen LogP contribution is 2.21. The SMILES string of the molecule is CN(CC(=O)c1ccc(C(C)(C)C)cn1)C(=O)OC(C)(C)C. The molecule has 22 heavy (non-hydrogen) atoms. The number of carbonyl (C=O) groups is 2. The Hall–Kier alpha value is -1.91. The van der Waals surface area contributed by atoms with Crippen molar-refractivity contribution in [2.24, 2.45) is 0 Å². The minimum atomic E-state index is -0.582. The summed E-state index contributed by atoms with van der Waals surface area (Å²) in [6.45, 7) is 11.6. The van der Waals surface area contributed by atoms with Crippen molar-refractivity contribution in [3.63, 3.8) is 0 Å². The Morgan fingerprint density at radius 3 is 2.14 bits per heavy atom. The van der Waals surface area contributed by atoms with E-state index in [4.69, 9.17) is 4.74 Å². The van der Waals surface area contributed by atoms with Crippen LogP contribution in [0.2, 0.25) is 0 Å². The lowest BCUT2D eigenvalue weighted by atomic mass is 9.88. The zero-order valence-electron chi connectivity index (χ0n) is 14.6. The summed E-state index contributed by atoms with van der Waals surface area (Å²) < 4.78 is 5.21. The van der Waals surface area contributed by atoms with Crippen LogP contribution in [0.3, 0.4) is 0 Å². The van der Waals surface area contributed by atoms with E-state index in [1.165, 1.54) is 11.9 Å². The molecule has 0 saturated carbocycles. The van der Waals surface area contributed by atoms with Crippen molar-refractivity contribution in [3.8, 4) is 0 Å². The van der Waals surface area contributed by atoms with Gasteiger partial charge in [0.15, 0.2) is 0 Å². The van der Waals surface area contributed by atoms with Crippen molar-refractivity contribution in [3.05, 3.63) is 29.6 Å². The molecule has 0 aliphatic rings. The van der Waals surface area contributed by atoms with E-state index < -0.39 is 11.7 Å². The second-order valence-corrected chi connectivity index (χ2v) is 7.44. The molecule has 0 N–H and O–H groups in total. The normalized spacial score (nSPS) is 12.0. The van der Waals surface area contributed by atoms with Crippen LogP contribution in [0.15, 0.2) is 18.3 Å². The highest BCUT2D eigenvalue weighted by molar-refractivity contribution is 5.97. The van der Waals surface area contributed by atoms with E-state index in [9.17, 15) is 9.59 Å². The number of hydrogen-bond acceptors (Lipinski definition) is 4. The summed E-state index contributed by atoms with van der Waals surface area (Å²) in [5, 5.41) is 0. The van der Waals surface area contributed by atoms with Gasteiger partial charge in [0.05, 0.1) is 6.54 Å². The number of hydrogen-bond donors (Lipinski definition) is 0. The summed E-state index contributed by atoms with van der Waals surface area (Å²) >= 11 is 0. The van der Waals surface area contributed by atoms with Crippen molar-refractivity contribution >= 4 is 11.9 Å². The molecule has 5 heteroatoms. The molecular weight excluding hydrogens is 280 g/mol. The molecular formula is C17H26N2O3. The minimum absolute atomic E-state index is 0.0120. The molecule has 5 nitrogen and oxygen atoms in total. The fourth-order valence-electron chi connectivity index (χ4n) is 1.70. The van der Waals surface area contributed by atoms with Crippen LogP contribution in [0.4, 0.5) is 4.79 Å². The maximum Gasteiger partial charge on any atom is 0.410 e. The van der Waals surface area contributed by atoms with Crippen LogP contribution in [-0.4, -0.2) is 41.0 Å². The Morgan fingerprint density at radius 1 is 1.14 bits per heavy atom. The number of pyridine rings is 1. The topological polar surface area (TPSA) is 59.5 Å². The van der Waals surface area contributed by atoms with Gasteiger partial charge in [-0.3, -0.25) is 9.78 Å². The van der Waals surface area contributed by atoms with Crippen molar-refractivity contribution in [1.82, 2.24) is 9.88 Å². The maximum atomic E-state index is 12.2. The molecule has 0 atom stereocenters. The number of amides is 1. The van der Waals surface area contributed by atoms with Gasteiger partial charge in [0.1, 0.15) is 11.3 Å². The average molecular weight is 306 g/mol. The molecule has 0 unspecified atom stereocenters. The molecule has 0 spiro atoms. The van der Waals surface area contributed by atoms with E-state index in [2.05, 4.69) is 25.8 Å². The van der Waals surface area contributed by atoms with Gasteiger partial charge in [0.25, 0.3) is 0 Å². The number of carbonyl (C=O) groups excluding carboxylic acids is 2. The highest BCUT2D eigenvalue weighted by atomic mass is 16.6. The van der Waals surface area contributed by atoms with Gasteiger partial charge in [-0.05, 0) is 37.8 Å². The maximum absolute atomic E-state index is 12.2. The second-order valence-electron chi connectivity index (χ2n) is 7.44. The lowest BCUT2D eigenvalue weighted by molar-refractivity contribution is 0.0294. The first-order chi connectivity index (χ1) is 9.90. The highest BCUT2D eigenvalue weighted by Gasteiger charge is 2.22. The molecule has 1 amide bonds. The van der Waals surface area contributed by atoms with Crippen molar-refractivity contribution in [1.29, 1.82) is 0 Å². The molecule has 0 aliphatic heterocycles. The number of Topliss-reactive ketones (excluding diaryl/α,β-unsaturated/α-hetero) is 1. The molecule has 122 valence electrons. The second kappa shape index (κ2) is 6.46. The molecule has 1 rings (SSSR count). The van der Waals surface area contributed by atoms with Crippen molar-refractivity contribution in [2.75, 3.05) is 13.6 Å². The number of likely N-dealkylation sites (N-methyl/N-ethyl adjacent to an activating group) is 1. The monoisotopic (exact) mass is 306 g/mol. The van der Waals surface area contributed by atoms with Crippen molar-refractivity contribution < 1.29 is 14.3 Å². The molecule has 0 saturated heterocycles. The Morgan fingerprint density at radius 2 is 1.73 bits per heavy atom. The van der Waals surface area contributed by atoms with Crippen LogP contribution in [0, 0.1) is 0 Å². The predicted molar refractivity (Wildman–Crippen MR) is 86.1 cm³/mol. The summed E-state index contributed by atoms with van der Waals surface area (Å²) in [6.07, 6.45) is 1.19. The molecule has 0 radical (unpaired) electrons. The number of aromatic nitrogens is 1. The first-order valence-electron chi connectivity index (χ1n) is 7.34. The van der Waals surface area contributed by atoms with Gasteiger partial charge in [0.2, 0.25) is 5.78 Å². The average Bonchev–Trinajstić information content (AvgIpc) is 2.35. The van der Waals surface area contributed by atoms with Gasteiger partial charge in [-0.15, -0.1) is 0 Å². The smallest absolute Gasteiger partial charge is 0.410 e. The summed E-state index contributed by atoms with van der Waals surface area (Å²) in [5.41, 5.74) is 0.816. The third kappa shape index (κ3) is 5.47. The van der Waals surface area contributed by atoms with Gasteiger partial charge in [0, 0.05) is 13.2 Å². The van der Waals surface area contributed by atoms with Crippen LogP contribution in [0.5, 0.6) is 0 Å². The molecule has 0 fully saturated rings. The van der Waals surface area contributed by atoms with Crippen LogP contribution in [0.25, 0.3) is 0 Å². The summed E-state index contributed by atoms with van der Waals surface area (Å²) in [7, 11) is 1.54. The van der Waals surface area contributed by atoms with Crippen molar-refractivity contribution in [2.45, 2.75) is 52.6 Å². The molecule has 1 aromatic rings. The van der Waals surface area contributed by atoms with E-state index in [-0.39, 0.29) is 17.7 Å². The third-order valence-electron chi connectivity index (χ3n) is 3.00. The Kier molecular flexibility index (Phi) is 5.33. The zero-order valence-corrected chi connectivity index (χ0v) is 14.6. The summed E-state index contributed by atoms with van der Waals surface area (Å²) in [6, 6.07) is 3.60. The van der Waals surface area contributed by atoms with Gasteiger partial charge < -0.3 is 9.64 Å². The zero-order chi connectivity index (χ0) is 17.1. The number of nitrogens with zero attached hydrogens (tertiary/aromatic N) is 2. The van der Waals surface area contributed by atoms with Gasteiger partial charge in [-0.25, -0.2) is 4.79 Å². The van der Waals surface area contributed by atoms with Gasteiger partial charge in [-0.1, -0.05) is 26.8 Å². The lowest BCUT2D eigenvalue weighted by Gasteiger charge is -2.24.